The predicted octanol–water partition coefficient (Wildman–Crippen LogP) is 0.174. The summed E-state index contributed by atoms with van der Waals surface area (Å²) < 4.78 is 0. The molecule has 0 aromatic heterocycles. The minimum atomic E-state index is -1.12. The second-order valence-corrected chi connectivity index (χ2v) is 3.69. The average molecular weight is 222 g/mol. The first-order chi connectivity index (χ1) is 6.10. The van der Waals surface area contributed by atoms with Crippen LogP contribution in [0.15, 0.2) is 16.8 Å². The van der Waals surface area contributed by atoms with Crippen molar-refractivity contribution in [3.05, 3.63) is 11.6 Å². The number of oxime groups is 1. The number of halogens is 1. The van der Waals surface area contributed by atoms with Crippen molar-refractivity contribution >= 4 is 34.3 Å². The van der Waals surface area contributed by atoms with Crippen LogP contribution in [0.4, 0.5) is 0 Å². The maximum absolute atomic E-state index is 10.9. The molecule has 0 fully saturated rings. The number of carbonyl (C=O) groups excluding carboxylic acids is 1. The van der Waals surface area contributed by atoms with Crippen LogP contribution in [-0.4, -0.2) is 23.1 Å². The zero-order valence-electron chi connectivity index (χ0n) is 6.78. The van der Waals surface area contributed by atoms with Gasteiger partial charge in [-0.3, -0.25) is 10.5 Å². The molecule has 1 unspecified atom stereocenters. The molecular formula is C6H8ClN3O2S. The molecule has 0 spiro atoms. The number of nitrogens with two attached hydrogens (primary N) is 1. The number of rotatable bonds is 3. The number of hydrogen-bond donors (Lipinski definition) is 2. The lowest BCUT2D eigenvalue weighted by Crippen LogP contribution is -2.54. The van der Waals surface area contributed by atoms with Gasteiger partial charge in [-0.25, -0.2) is 0 Å². The lowest BCUT2D eigenvalue weighted by atomic mass is 10.3. The zero-order chi connectivity index (χ0) is 9.90. The summed E-state index contributed by atoms with van der Waals surface area (Å²) in [5.41, 5.74) is 5.70. The fourth-order valence-electron chi connectivity index (χ4n) is 0.798. The lowest BCUT2D eigenvalue weighted by Gasteiger charge is -2.22. The highest BCUT2D eigenvalue weighted by Gasteiger charge is 2.37. The van der Waals surface area contributed by atoms with Gasteiger partial charge in [-0.05, 0) is 17.0 Å². The van der Waals surface area contributed by atoms with Crippen LogP contribution in [-0.2, 0) is 9.63 Å². The predicted molar refractivity (Wildman–Crippen MR) is 52.1 cm³/mol. The summed E-state index contributed by atoms with van der Waals surface area (Å²) in [6, 6.07) is 0. The molecule has 5 nitrogen and oxygen atoms in total. The number of hydrogen-bond acceptors (Lipinski definition) is 6. The summed E-state index contributed by atoms with van der Waals surface area (Å²) in [5, 5.41) is 7.16. The molecule has 0 amide bonds. The van der Waals surface area contributed by atoms with Gasteiger partial charge in [0.2, 0.25) is 0 Å². The molecule has 7 heteroatoms. The fraction of sp³-hybridized carbons (Fsp3) is 0.333. The SMILES string of the molecule is CO/N=C(\C(=O)Cl)C1(N)NC=CS1. The van der Waals surface area contributed by atoms with Gasteiger partial charge in [-0.15, -0.1) is 0 Å². The smallest absolute Gasteiger partial charge is 0.274 e. The molecule has 1 heterocycles. The maximum atomic E-state index is 10.9. The fourth-order valence-corrected chi connectivity index (χ4v) is 1.77. The normalized spacial score (nSPS) is 27.2. The Morgan fingerprint density at radius 2 is 2.54 bits per heavy atom. The van der Waals surface area contributed by atoms with E-state index in [4.69, 9.17) is 17.3 Å². The third-order valence-electron chi connectivity index (χ3n) is 1.34. The van der Waals surface area contributed by atoms with E-state index in [9.17, 15) is 4.79 Å². The summed E-state index contributed by atoms with van der Waals surface area (Å²) in [7, 11) is 1.32. The van der Waals surface area contributed by atoms with Crippen LogP contribution in [0.3, 0.4) is 0 Å². The quantitative estimate of drug-likeness (QED) is 0.404. The van der Waals surface area contributed by atoms with Crippen LogP contribution in [0.1, 0.15) is 0 Å². The molecule has 1 aliphatic heterocycles. The van der Waals surface area contributed by atoms with Gasteiger partial charge in [-0.2, -0.15) is 0 Å². The summed E-state index contributed by atoms with van der Waals surface area (Å²) in [4.78, 5) is 14.3. The molecular weight excluding hydrogens is 214 g/mol. The second kappa shape index (κ2) is 3.99. The third kappa shape index (κ3) is 2.15. The van der Waals surface area contributed by atoms with Gasteiger partial charge >= 0.3 is 0 Å². The monoisotopic (exact) mass is 221 g/mol. The minimum absolute atomic E-state index is 0.0633. The van der Waals surface area contributed by atoms with Crippen molar-refractivity contribution in [1.29, 1.82) is 0 Å². The van der Waals surface area contributed by atoms with E-state index in [-0.39, 0.29) is 5.71 Å². The molecule has 72 valence electrons. The standard InChI is InChI=1S/C6H8ClN3O2S/c1-12-10-4(5(7)11)6(8)9-2-3-13-6/h2-3,9H,8H2,1H3/b10-4+. The molecule has 0 aliphatic carbocycles. The van der Waals surface area contributed by atoms with Gasteiger partial charge < -0.3 is 10.2 Å². The second-order valence-electron chi connectivity index (χ2n) is 2.20. The van der Waals surface area contributed by atoms with Gasteiger partial charge in [0.25, 0.3) is 5.24 Å². The van der Waals surface area contributed by atoms with Crippen LogP contribution in [0.2, 0.25) is 0 Å². The third-order valence-corrected chi connectivity index (χ3v) is 2.47. The van der Waals surface area contributed by atoms with Crippen molar-refractivity contribution in [1.82, 2.24) is 5.32 Å². The molecule has 13 heavy (non-hydrogen) atoms. The van der Waals surface area contributed by atoms with E-state index in [0.29, 0.717) is 0 Å². The highest BCUT2D eigenvalue weighted by molar-refractivity contribution is 8.04. The Hall–Kier alpha value is -0.720. The molecule has 0 radical (unpaired) electrons. The highest BCUT2D eigenvalue weighted by atomic mass is 35.5. The van der Waals surface area contributed by atoms with E-state index < -0.39 is 10.2 Å². The van der Waals surface area contributed by atoms with E-state index in [1.165, 1.54) is 18.9 Å². The Balaban J connectivity index is 2.88. The Morgan fingerprint density at radius 3 is 2.92 bits per heavy atom. The molecule has 0 saturated heterocycles. The van der Waals surface area contributed by atoms with Crippen LogP contribution in [0, 0.1) is 0 Å². The van der Waals surface area contributed by atoms with Gasteiger partial charge in [0.05, 0.1) is 0 Å². The first-order valence-electron chi connectivity index (χ1n) is 3.31. The number of thioether (sulfide) groups is 1. The van der Waals surface area contributed by atoms with Gasteiger partial charge in [-0.1, -0.05) is 16.9 Å². The lowest BCUT2D eigenvalue weighted by molar-refractivity contribution is -0.106. The van der Waals surface area contributed by atoms with E-state index in [1.54, 1.807) is 11.6 Å². The minimum Gasteiger partial charge on any atom is -0.399 e. The Kier molecular flexibility index (Phi) is 3.18. The van der Waals surface area contributed by atoms with Crippen molar-refractivity contribution in [3.8, 4) is 0 Å². The number of carbonyl (C=O) groups is 1. The molecule has 1 aliphatic rings. The number of nitrogens with zero attached hydrogens (tertiary/aromatic N) is 1. The van der Waals surface area contributed by atoms with Crippen LogP contribution >= 0.6 is 23.4 Å². The molecule has 0 aromatic carbocycles. The van der Waals surface area contributed by atoms with Crippen molar-refractivity contribution in [2.24, 2.45) is 10.9 Å². The summed E-state index contributed by atoms with van der Waals surface area (Å²) >= 11 is 6.47. The van der Waals surface area contributed by atoms with Crippen molar-refractivity contribution in [2.45, 2.75) is 4.99 Å². The zero-order valence-corrected chi connectivity index (χ0v) is 8.35. The van der Waals surface area contributed by atoms with Crippen molar-refractivity contribution in [2.75, 3.05) is 7.11 Å². The van der Waals surface area contributed by atoms with E-state index in [0.717, 1.165) is 0 Å². The summed E-state index contributed by atoms with van der Waals surface area (Å²) in [6.45, 7) is 0. The Morgan fingerprint density at radius 1 is 1.85 bits per heavy atom. The van der Waals surface area contributed by atoms with E-state index in [2.05, 4.69) is 15.3 Å². The Bertz CT molecular complexity index is 271. The van der Waals surface area contributed by atoms with Gasteiger partial charge in [0, 0.05) is 6.20 Å². The van der Waals surface area contributed by atoms with E-state index in [1.807, 2.05) is 0 Å². The van der Waals surface area contributed by atoms with Crippen LogP contribution < -0.4 is 11.1 Å². The molecule has 0 aromatic rings. The molecule has 1 atom stereocenters. The Labute approximate surface area is 84.3 Å². The van der Waals surface area contributed by atoms with E-state index >= 15 is 0 Å². The first-order valence-corrected chi connectivity index (χ1v) is 4.57. The summed E-state index contributed by atoms with van der Waals surface area (Å²) in [6.07, 6.45) is 1.61. The average Bonchev–Trinajstić information content (AvgIpc) is 2.48. The molecule has 0 saturated carbocycles. The first kappa shape index (κ1) is 10.4. The largest absolute Gasteiger partial charge is 0.399 e. The molecule has 3 N–H and O–H groups in total. The molecule has 1 rings (SSSR count). The van der Waals surface area contributed by atoms with Crippen LogP contribution in [0.5, 0.6) is 0 Å². The van der Waals surface area contributed by atoms with Gasteiger partial charge in [0.15, 0.2) is 10.7 Å². The molecule has 0 bridgehead atoms. The van der Waals surface area contributed by atoms with Crippen LogP contribution in [0.25, 0.3) is 0 Å². The maximum Gasteiger partial charge on any atom is 0.274 e. The van der Waals surface area contributed by atoms with Gasteiger partial charge in [0.1, 0.15) is 7.11 Å². The van der Waals surface area contributed by atoms with Crippen molar-refractivity contribution < 1.29 is 9.63 Å². The summed E-state index contributed by atoms with van der Waals surface area (Å²) in [5.74, 6) is 0. The number of nitrogens with one attached hydrogen (secondary N) is 1. The topological polar surface area (TPSA) is 76.7 Å². The van der Waals surface area contributed by atoms with Crippen molar-refractivity contribution in [3.63, 3.8) is 0 Å². The highest BCUT2D eigenvalue weighted by Crippen LogP contribution is 2.25.